The van der Waals surface area contributed by atoms with Gasteiger partial charge in [-0.15, -0.1) is 0 Å². The lowest BCUT2D eigenvalue weighted by molar-refractivity contribution is 0.0126. The molecule has 7 nitrogen and oxygen atoms in total. The second-order valence-corrected chi connectivity index (χ2v) is 6.41. The number of hydrogen-bond acceptors (Lipinski definition) is 6. The summed E-state index contributed by atoms with van der Waals surface area (Å²) >= 11 is 0. The van der Waals surface area contributed by atoms with E-state index in [0.717, 1.165) is 0 Å². The minimum Gasteiger partial charge on any atom is -0.465 e. The zero-order valence-electron chi connectivity index (χ0n) is 14.6. The molecule has 0 aliphatic rings. The summed E-state index contributed by atoms with van der Waals surface area (Å²) in [7, 11) is 1.27. The predicted octanol–water partition coefficient (Wildman–Crippen LogP) is 1.70. The van der Waals surface area contributed by atoms with Gasteiger partial charge in [0.05, 0.1) is 12.7 Å². The lowest BCUT2D eigenvalue weighted by Gasteiger charge is -2.23. The largest absolute Gasteiger partial charge is 0.465 e. The van der Waals surface area contributed by atoms with Crippen molar-refractivity contribution in [3.05, 3.63) is 34.9 Å². The molecule has 0 saturated carbocycles. The lowest BCUT2D eigenvalue weighted by atomic mass is 9.95. The number of ether oxygens (including phenoxy) is 2. The van der Waals surface area contributed by atoms with E-state index in [4.69, 9.17) is 4.74 Å². The van der Waals surface area contributed by atoms with Gasteiger partial charge < -0.3 is 25.0 Å². The molecule has 1 amide bonds. The maximum atomic E-state index is 11.7. The molecule has 134 valence electrons. The average Bonchev–Trinajstić information content (AvgIpc) is 2.49. The molecule has 1 aromatic carbocycles. The van der Waals surface area contributed by atoms with E-state index in [-0.39, 0.29) is 6.54 Å². The SMILES string of the molecule is COC(=O)c1cccc(C(O)C(O)CNC(=O)OC(C)(C)C)c1C. The normalized spacial score (nSPS) is 13.8. The van der Waals surface area contributed by atoms with Crippen molar-refractivity contribution in [2.45, 2.75) is 45.5 Å². The first-order chi connectivity index (χ1) is 11.1. The summed E-state index contributed by atoms with van der Waals surface area (Å²) in [6.07, 6.45) is -3.22. The number of aliphatic hydroxyl groups excluding tert-OH is 2. The van der Waals surface area contributed by atoms with Crippen molar-refractivity contribution < 1.29 is 29.3 Å². The van der Waals surface area contributed by atoms with Crippen molar-refractivity contribution >= 4 is 12.1 Å². The Morgan fingerprint density at radius 3 is 2.42 bits per heavy atom. The Hall–Kier alpha value is -2.12. The number of amides is 1. The summed E-state index contributed by atoms with van der Waals surface area (Å²) < 4.78 is 9.74. The standard InChI is InChI=1S/C17H25NO6/c1-10-11(7-6-8-12(10)15(21)23-5)14(20)13(19)9-18-16(22)24-17(2,3)4/h6-8,13-14,19-20H,9H2,1-5H3,(H,18,22). The van der Waals surface area contributed by atoms with Crippen LogP contribution in [0.3, 0.4) is 0 Å². The van der Waals surface area contributed by atoms with Gasteiger partial charge in [-0.05, 0) is 44.9 Å². The number of esters is 1. The van der Waals surface area contributed by atoms with E-state index in [1.807, 2.05) is 0 Å². The van der Waals surface area contributed by atoms with Crippen molar-refractivity contribution in [1.82, 2.24) is 5.32 Å². The van der Waals surface area contributed by atoms with Crippen LogP contribution in [-0.4, -0.2) is 47.6 Å². The summed E-state index contributed by atoms with van der Waals surface area (Å²) in [4.78, 5) is 23.3. The fraction of sp³-hybridized carbons (Fsp3) is 0.529. The Bertz CT molecular complexity index is 593. The third kappa shape index (κ3) is 5.50. The molecule has 0 spiro atoms. The Balaban J connectivity index is 2.78. The van der Waals surface area contributed by atoms with Gasteiger partial charge in [0, 0.05) is 6.54 Å². The number of alkyl carbamates (subject to hydrolysis) is 1. The average molecular weight is 339 g/mol. The van der Waals surface area contributed by atoms with Gasteiger partial charge >= 0.3 is 12.1 Å². The van der Waals surface area contributed by atoms with Gasteiger partial charge in [-0.3, -0.25) is 0 Å². The first kappa shape index (κ1) is 19.9. The second kappa shape index (κ2) is 8.12. The molecule has 1 aromatic rings. The first-order valence-electron chi connectivity index (χ1n) is 7.57. The molecule has 0 bridgehead atoms. The second-order valence-electron chi connectivity index (χ2n) is 6.41. The van der Waals surface area contributed by atoms with Gasteiger partial charge in [0.1, 0.15) is 17.8 Å². The molecular formula is C17H25NO6. The van der Waals surface area contributed by atoms with Crippen molar-refractivity contribution in [1.29, 1.82) is 0 Å². The smallest absolute Gasteiger partial charge is 0.407 e. The Kier molecular flexibility index (Phi) is 6.74. The molecule has 3 N–H and O–H groups in total. The first-order valence-corrected chi connectivity index (χ1v) is 7.57. The number of methoxy groups -OCH3 is 1. The zero-order chi connectivity index (χ0) is 18.5. The quantitative estimate of drug-likeness (QED) is 0.705. The lowest BCUT2D eigenvalue weighted by Crippen LogP contribution is -2.39. The highest BCUT2D eigenvalue weighted by atomic mass is 16.6. The van der Waals surface area contributed by atoms with Crippen LogP contribution in [0.1, 0.15) is 48.4 Å². The van der Waals surface area contributed by atoms with Crippen LogP contribution < -0.4 is 5.32 Å². The summed E-state index contributed by atoms with van der Waals surface area (Å²) in [5, 5.41) is 22.8. The molecular weight excluding hydrogens is 314 g/mol. The third-order valence-electron chi connectivity index (χ3n) is 3.32. The number of benzene rings is 1. The molecule has 0 radical (unpaired) electrons. The van der Waals surface area contributed by atoms with Crippen LogP contribution in [0.2, 0.25) is 0 Å². The van der Waals surface area contributed by atoms with Crippen LogP contribution in [-0.2, 0) is 9.47 Å². The highest BCUT2D eigenvalue weighted by Crippen LogP contribution is 2.24. The number of carbonyl (C=O) groups excluding carboxylic acids is 2. The van der Waals surface area contributed by atoms with E-state index in [1.54, 1.807) is 45.9 Å². The van der Waals surface area contributed by atoms with Crippen LogP contribution in [0.15, 0.2) is 18.2 Å². The van der Waals surface area contributed by atoms with Gasteiger partial charge in [-0.2, -0.15) is 0 Å². The molecule has 0 aliphatic carbocycles. The van der Waals surface area contributed by atoms with Crippen LogP contribution in [0.4, 0.5) is 4.79 Å². The summed E-state index contributed by atoms with van der Waals surface area (Å²) in [5.41, 5.74) is 0.546. The van der Waals surface area contributed by atoms with Crippen LogP contribution >= 0.6 is 0 Å². The Morgan fingerprint density at radius 1 is 1.25 bits per heavy atom. The Morgan fingerprint density at radius 2 is 1.88 bits per heavy atom. The number of aliphatic hydroxyl groups is 2. The monoisotopic (exact) mass is 339 g/mol. The van der Waals surface area contributed by atoms with Gasteiger partial charge in [-0.25, -0.2) is 9.59 Å². The van der Waals surface area contributed by atoms with Crippen LogP contribution in [0.25, 0.3) is 0 Å². The van der Waals surface area contributed by atoms with E-state index in [0.29, 0.717) is 16.7 Å². The molecule has 7 heteroatoms. The van der Waals surface area contributed by atoms with Gasteiger partial charge in [0.15, 0.2) is 0 Å². The number of carbonyl (C=O) groups is 2. The molecule has 1 rings (SSSR count). The van der Waals surface area contributed by atoms with Crippen molar-refractivity contribution in [2.75, 3.05) is 13.7 Å². The van der Waals surface area contributed by atoms with Crippen LogP contribution in [0.5, 0.6) is 0 Å². The van der Waals surface area contributed by atoms with Gasteiger partial charge in [0.25, 0.3) is 0 Å². The molecule has 2 atom stereocenters. The van der Waals surface area contributed by atoms with E-state index in [9.17, 15) is 19.8 Å². The molecule has 0 heterocycles. The predicted molar refractivity (Wildman–Crippen MR) is 87.7 cm³/mol. The highest BCUT2D eigenvalue weighted by molar-refractivity contribution is 5.91. The fourth-order valence-corrected chi connectivity index (χ4v) is 2.13. The molecule has 0 saturated heterocycles. The minimum absolute atomic E-state index is 0.196. The van der Waals surface area contributed by atoms with E-state index in [1.165, 1.54) is 7.11 Å². The van der Waals surface area contributed by atoms with Gasteiger partial charge in [-0.1, -0.05) is 12.1 Å². The summed E-state index contributed by atoms with van der Waals surface area (Å²) in [6, 6.07) is 4.76. The van der Waals surface area contributed by atoms with Crippen molar-refractivity contribution in [2.24, 2.45) is 0 Å². The molecule has 0 fully saturated rings. The molecule has 24 heavy (non-hydrogen) atoms. The zero-order valence-corrected chi connectivity index (χ0v) is 14.6. The molecule has 0 aromatic heterocycles. The van der Waals surface area contributed by atoms with E-state index < -0.39 is 29.9 Å². The minimum atomic E-state index is -1.27. The van der Waals surface area contributed by atoms with Gasteiger partial charge in [0.2, 0.25) is 0 Å². The number of nitrogens with one attached hydrogen (secondary N) is 1. The summed E-state index contributed by atoms with van der Waals surface area (Å²) in [5.74, 6) is -0.525. The van der Waals surface area contributed by atoms with E-state index >= 15 is 0 Å². The topological polar surface area (TPSA) is 105 Å². The maximum absolute atomic E-state index is 11.7. The summed E-state index contributed by atoms with van der Waals surface area (Å²) in [6.45, 7) is 6.62. The fourth-order valence-electron chi connectivity index (χ4n) is 2.13. The Labute approximate surface area is 141 Å². The third-order valence-corrected chi connectivity index (χ3v) is 3.32. The highest BCUT2D eigenvalue weighted by Gasteiger charge is 2.24. The van der Waals surface area contributed by atoms with Crippen LogP contribution in [0, 0.1) is 6.92 Å². The maximum Gasteiger partial charge on any atom is 0.407 e. The number of hydrogen-bond donors (Lipinski definition) is 3. The van der Waals surface area contributed by atoms with E-state index in [2.05, 4.69) is 10.1 Å². The number of rotatable bonds is 5. The molecule has 2 unspecified atom stereocenters. The van der Waals surface area contributed by atoms with Crippen molar-refractivity contribution in [3.8, 4) is 0 Å². The van der Waals surface area contributed by atoms with Crippen molar-refractivity contribution in [3.63, 3.8) is 0 Å². The molecule has 0 aliphatic heterocycles.